The number of rotatable bonds is 3. The van der Waals surface area contributed by atoms with E-state index >= 15 is 0 Å². The molecule has 2 aliphatic carbocycles. The normalized spacial score (nSPS) is 27.2. The average Bonchev–Trinajstić information content (AvgIpc) is 2.84. The number of hydrogen-bond donors (Lipinski definition) is 1. The zero-order chi connectivity index (χ0) is 11.6. The smallest absolute Gasteiger partial charge is 0.0492 e. The molecule has 2 saturated carbocycles. The van der Waals surface area contributed by atoms with Crippen LogP contribution in [0.1, 0.15) is 64.7 Å². The molecule has 0 amide bonds. The minimum absolute atomic E-state index is 0.0959. The third kappa shape index (κ3) is 1.92. The summed E-state index contributed by atoms with van der Waals surface area (Å²) in [6.45, 7) is 7.23. The van der Waals surface area contributed by atoms with Gasteiger partial charge in [0.1, 0.15) is 0 Å². The Kier molecular flexibility index (Phi) is 3.63. The summed E-state index contributed by atoms with van der Waals surface area (Å²) in [5.74, 6) is 0.748. The Hall–Kier alpha value is -0.0400. The predicted molar refractivity (Wildman–Crippen MR) is 68.0 cm³/mol. The standard InChI is InChI=1S/C15H27O/c1-14(2,13-8-4-5-9-13)15(12-16)10-6-3-7-11-15/h13,16H,1,3-12H2,2H3. The summed E-state index contributed by atoms with van der Waals surface area (Å²) in [6.07, 6.45) is 11.7. The van der Waals surface area contributed by atoms with Gasteiger partial charge < -0.3 is 5.11 Å². The van der Waals surface area contributed by atoms with Crippen molar-refractivity contribution in [2.45, 2.75) is 64.7 Å². The van der Waals surface area contributed by atoms with Gasteiger partial charge in [-0.05, 0) is 49.4 Å². The van der Waals surface area contributed by atoms with Gasteiger partial charge in [0.25, 0.3) is 0 Å². The third-order valence-electron chi connectivity index (χ3n) is 5.58. The Morgan fingerprint density at radius 3 is 2.19 bits per heavy atom. The molecule has 0 spiro atoms. The molecular weight excluding hydrogens is 196 g/mol. The molecule has 0 saturated heterocycles. The van der Waals surface area contributed by atoms with Gasteiger partial charge >= 0.3 is 0 Å². The summed E-state index contributed by atoms with van der Waals surface area (Å²) >= 11 is 0. The maximum absolute atomic E-state index is 9.90. The van der Waals surface area contributed by atoms with Crippen LogP contribution in [0.4, 0.5) is 0 Å². The highest BCUT2D eigenvalue weighted by atomic mass is 16.3. The highest BCUT2D eigenvalue weighted by Gasteiger charge is 2.49. The van der Waals surface area contributed by atoms with E-state index in [2.05, 4.69) is 13.8 Å². The summed E-state index contributed by atoms with van der Waals surface area (Å²) in [6, 6.07) is 0. The van der Waals surface area contributed by atoms with Gasteiger partial charge in [-0.3, -0.25) is 0 Å². The molecule has 1 atom stereocenters. The van der Waals surface area contributed by atoms with Crippen molar-refractivity contribution in [3.8, 4) is 0 Å². The van der Waals surface area contributed by atoms with Gasteiger partial charge in [-0.15, -0.1) is 0 Å². The fraction of sp³-hybridized carbons (Fsp3) is 0.933. The lowest BCUT2D eigenvalue weighted by Crippen LogP contribution is -2.46. The fourth-order valence-corrected chi connectivity index (χ4v) is 4.13. The van der Waals surface area contributed by atoms with Gasteiger partial charge in [-0.1, -0.05) is 39.0 Å². The predicted octanol–water partition coefficient (Wildman–Crippen LogP) is 3.96. The third-order valence-corrected chi connectivity index (χ3v) is 5.58. The van der Waals surface area contributed by atoms with Crippen LogP contribution in [-0.2, 0) is 0 Å². The molecule has 1 unspecified atom stereocenters. The molecule has 0 aromatic carbocycles. The minimum Gasteiger partial charge on any atom is -0.396 e. The van der Waals surface area contributed by atoms with Crippen LogP contribution in [0.3, 0.4) is 0 Å². The van der Waals surface area contributed by atoms with Crippen LogP contribution in [-0.4, -0.2) is 11.7 Å². The molecule has 2 aliphatic rings. The monoisotopic (exact) mass is 223 g/mol. The van der Waals surface area contributed by atoms with Crippen molar-refractivity contribution in [3.63, 3.8) is 0 Å². The van der Waals surface area contributed by atoms with Crippen molar-refractivity contribution >= 4 is 0 Å². The van der Waals surface area contributed by atoms with Gasteiger partial charge in [0.15, 0.2) is 0 Å². The Morgan fingerprint density at radius 1 is 1.12 bits per heavy atom. The van der Waals surface area contributed by atoms with Crippen molar-refractivity contribution in [1.29, 1.82) is 0 Å². The molecule has 1 N–H and O–H groups in total. The van der Waals surface area contributed by atoms with Crippen molar-refractivity contribution < 1.29 is 5.11 Å². The summed E-state index contributed by atoms with van der Waals surface area (Å²) in [4.78, 5) is 0. The number of hydrogen-bond acceptors (Lipinski definition) is 1. The first kappa shape index (κ1) is 12.4. The zero-order valence-corrected chi connectivity index (χ0v) is 10.8. The summed E-state index contributed by atoms with van der Waals surface area (Å²) < 4.78 is 0. The van der Waals surface area contributed by atoms with Crippen molar-refractivity contribution in [3.05, 3.63) is 6.92 Å². The van der Waals surface area contributed by atoms with E-state index in [-0.39, 0.29) is 10.8 Å². The molecule has 1 heteroatoms. The summed E-state index contributed by atoms with van der Waals surface area (Å²) in [5, 5.41) is 9.90. The Bertz CT molecular complexity index is 220. The van der Waals surface area contributed by atoms with Gasteiger partial charge in [-0.25, -0.2) is 0 Å². The van der Waals surface area contributed by atoms with Gasteiger partial charge in [-0.2, -0.15) is 0 Å². The van der Waals surface area contributed by atoms with Crippen LogP contribution >= 0.6 is 0 Å². The molecule has 0 aromatic rings. The molecule has 0 bridgehead atoms. The molecule has 2 rings (SSSR count). The van der Waals surface area contributed by atoms with E-state index in [1.807, 2.05) is 0 Å². The fourth-order valence-electron chi connectivity index (χ4n) is 4.13. The Labute approximate surface area is 101 Å². The van der Waals surface area contributed by atoms with E-state index in [1.54, 1.807) is 0 Å². The lowest BCUT2D eigenvalue weighted by Gasteiger charge is -2.51. The van der Waals surface area contributed by atoms with Crippen LogP contribution in [0.25, 0.3) is 0 Å². The lowest BCUT2D eigenvalue weighted by molar-refractivity contribution is -0.0449. The van der Waals surface area contributed by atoms with Crippen molar-refractivity contribution in [1.82, 2.24) is 0 Å². The highest BCUT2D eigenvalue weighted by molar-refractivity contribution is 5.02. The van der Waals surface area contributed by atoms with E-state index in [0.29, 0.717) is 6.61 Å². The topological polar surface area (TPSA) is 20.2 Å². The maximum atomic E-state index is 9.90. The highest BCUT2D eigenvalue weighted by Crippen LogP contribution is 2.56. The number of aliphatic hydroxyl groups excluding tert-OH is 1. The van der Waals surface area contributed by atoms with E-state index in [9.17, 15) is 5.11 Å². The van der Waals surface area contributed by atoms with E-state index in [1.165, 1.54) is 57.8 Å². The molecule has 1 nitrogen and oxygen atoms in total. The van der Waals surface area contributed by atoms with Gasteiger partial charge in [0.05, 0.1) is 0 Å². The number of aliphatic hydroxyl groups is 1. The Morgan fingerprint density at radius 2 is 1.69 bits per heavy atom. The average molecular weight is 223 g/mol. The SMILES string of the molecule is [CH2]C(C)(C1CCCC1)C1(CO)CCCCC1. The van der Waals surface area contributed by atoms with Crippen LogP contribution in [0, 0.1) is 23.7 Å². The van der Waals surface area contributed by atoms with E-state index < -0.39 is 0 Å². The van der Waals surface area contributed by atoms with Gasteiger partial charge in [0, 0.05) is 6.61 Å². The second-order valence-electron chi connectivity index (χ2n) is 6.40. The molecule has 0 aliphatic heterocycles. The maximum Gasteiger partial charge on any atom is 0.0492 e. The summed E-state index contributed by atoms with van der Waals surface area (Å²) in [5.41, 5.74) is 0.221. The molecule has 93 valence electrons. The summed E-state index contributed by atoms with van der Waals surface area (Å²) in [7, 11) is 0. The zero-order valence-electron chi connectivity index (χ0n) is 10.8. The first-order valence-corrected chi connectivity index (χ1v) is 7.09. The molecular formula is C15H27O. The van der Waals surface area contributed by atoms with Crippen LogP contribution in [0.5, 0.6) is 0 Å². The van der Waals surface area contributed by atoms with E-state index in [4.69, 9.17) is 0 Å². The largest absolute Gasteiger partial charge is 0.396 e. The molecule has 16 heavy (non-hydrogen) atoms. The van der Waals surface area contributed by atoms with E-state index in [0.717, 1.165) is 5.92 Å². The molecule has 1 radical (unpaired) electrons. The van der Waals surface area contributed by atoms with Crippen LogP contribution in [0.2, 0.25) is 0 Å². The molecule has 0 heterocycles. The molecule has 2 fully saturated rings. The molecule has 0 aromatic heterocycles. The quantitative estimate of drug-likeness (QED) is 0.768. The Balaban J connectivity index is 2.16. The lowest BCUT2D eigenvalue weighted by atomic mass is 9.54. The van der Waals surface area contributed by atoms with Crippen molar-refractivity contribution in [2.75, 3.05) is 6.61 Å². The second kappa shape index (κ2) is 4.68. The van der Waals surface area contributed by atoms with Crippen molar-refractivity contribution in [2.24, 2.45) is 16.7 Å². The van der Waals surface area contributed by atoms with Crippen LogP contribution in [0.15, 0.2) is 0 Å². The van der Waals surface area contributed by atoms with Crippen LogP contribution < -0.4 is 0 Å². The first-order valence-electron chi connectivity index (χ1n) is 7.09. The van der Waals surface area contributed by atoms with Gasteiger partial charge in [0.2, 0.25) is 0 Å². The first-order chi connectivity index (χ1) is 7.62. The second-order valence-corrected chi connectivity index (χ2v) is 6.40. The minimum atomic E-state index is 0.0959.